The molecule has 1 atom stereocenters. The predicted octanol–water partition coefficient (Wildman–Crippen LogP) is 9.56. The van der Waals surface area contributed by atoms with E-state index < -0.39 is 23.7 Å². The monoisotopic (exact) mass is 713 g/mol. The molecular formula is C44H54F3N3O2. The van der Waals surface area contributed by atoms with Crippen LogP contribution in [-0.2, 0) is 35.2 Å². The summed E-state index contributed by atoms with van der Waals surface area (Å²) in [5, 5.41) is 0. The molecule has 3 aromatic rings. The standard InChI is InChI=1S/C42H48F3N3O2.C2H6/c1-4-7-9-14-34-19-21-37(22-20-34)32-48(40(49)24-23-36-17-12-18-38(29-36)42(43,44)45)39(30-35-15-10-8-11-16-35)41(50)47-27-25-46(26-28-47)31-33(6-3)13-5-2;1-2/h5-6,8,10-13,15-24,29,39H,2-4,7,9,14,25-28,30-32H2,1H3;1-2H3/b24-23+,33-13+;/t39-;/m0./s1. The first-order valence-electron chi connectivity index (χ1n) is 18.3. The highest BCUT2D eigenvalue weighted by Gasteiger charge is 2.34. The molecule has 0 spiro atoms. The van der Waals surface area contributed by atoms with Gasteiger partial charge in [0, 0.05) is 51.8 Å². The molecule has 8 heteroatoms. The first-order valence-corrected chi connectivity index (χ1v) is 18.3. The van der Waals surface area contributed by atoms with Gasteiger partial charge >= 0.3 is 6.18 Å². The molecule has 2 amide bonds. The van der Waals surface area contributed by atoms with Gasteiger partial charge in [0.2, 0.25) is 11.8 Å². The molecule has 3 aromatic carbocycles. The van der Waals surface area contributed by atoms with Gasteiger partial charge in [0.15, 0.2) is 0 Å². The number of carbonyl (C=O) groups excluding carboxylic acids is 2. The fourth-order valence-electron chi connectivity index (χ4n) is 6.11. The summed E-state index contributed by atoms with van der Waals surface area (Å²) in [7, 11) is 0. The second-order valence-corrected chi connectivity index (χ2v) is 12.7. The van der Waals surface area contributed by atoms with Crippen LogP contribution in [0, 0.1) is 0 Å². The van der Waals surface area contributed by atoms with E-state index in [9.17, 15) is 22.8 Å². The minimum absolute atomic E-state index is 0.156. The maximum Gasteiger partial charge on any atom is 0.416 e. The molecule has 0 unspecified atom stereocenters. The summed E-state index contributed by atoms with van der Waals surface area (Å²) in [6.45, 7) is 17.0. The number of piperazine rings is 1. The highest BCUT2D eigenvalue weighted by Crippen LogP contribution is 2.30. The van der Waals surface area contributed by atoms with Crippen molar-refractivity contribution in [2.24, 2.45) is 0 Å². The number of aryl methyl sites for hydroxylation is 1. The van der Waals surface area contributed by atoms with Gasteiger partial charge in [-0.1, -0.05) is 132 Å². The zero-order valence-electron chi connectivity index (χ0n) is 31.0. The molecule has 4 rings (SSSR count). The van der Waals surface area contributed by atoms with Crippen LogP contribution in [0.25, 0.3) is 6.08 Å². The Labute approximate surface area is 308 Å². The van der Waals surface area contributed by atoms with Crippen LogP contribution in [0.4, 0.5) is 13.2 Å². The second kappa shape index (κ2) is 21.6. The topological polar surface area (TPSA) is 43.9 Å². The average Bonchev–Trinajstić information content (AvgIpc) is 3.16. The summed E-state index contributed by atoms with van der Waals surface area (Å²) in [4.78, 5) is 34.3. The number of hydrogen-bond donors (Lipinski definition) is 0. The summed E-state index contributed by atoms with van der Waals surface area (Å²) < 4.78 is 40.2. The van der Waals surface area contributed by atoms with Crippen molar-refractivity contribution in [3.8, 4) is 0 Å². The van der Waals surface area contributed by atoms with Crippen molar-refractivity contribution in [1.29, 1.82) is 0 Å². The van der Waals surface area contributed by atoms with E-state index in [1.807, 2.05) is 73.4 Å². The lowest BCUT2D eigenvalue weighted by Gasteiger charge is -2.39. The molecule has 0 radical (unpaired) electrons. The number of unbranched alkanes of at least 4 members (excludes halogenated alkanes) is 2. The third kappa shape index (κ3) is 13.1. The molecule has 0 bridgehead atoms. The quantitative estimate of drug-likeness (QED) is 0.0844. The Morgan fingerprint density at radius 1 is 0.865 bits per heavy atom. The van der Waals surface area contributed by atoms with Gasteiger partial charge in [-0.3, -0.25) is 14.5 Å². The normalized spacial score (nSPS) is 14.3. The van der Waals surface area contributed by atoms with Crippen molar-refractivity contribution in [2.45, 2.75) is 71.6 Å². The number of benzene rings is 3. The molecule has 5 nitrogen and oxygen atoms in total. The fraction of sp³-hybridized carbons (Fsp3) is 0.364. The van der Waals surface area contributed by atoms with Crippen LogP contribution >= 0.6 is 0 Å². The number of carbonyl (C=O) groups is 2. The average molecular weight is 714 g/mol. The van der Waals surface area contributed by atoms with Crippen LogP contribution < -0.4 is 0 Å². The number of rotatable bonds is 16. The first kappa shape index (κ1) is 41.7. The van der Waals surface area contributed by atoms with Crippen molar-refractivity contribution in [3.05, 3.63) is 150 Å². The van der Waals surface area contributed by atoms with E-state index in [0.29, 0.717) is 39.1 Å². The number of allylic oxidation sites excluding steroid dienone is 2. The Bertz CT molecular complexity index is 1620. The molecule has 0 N–H and O–H groups in total. The second-order valence-electron chi connectivity index (χ2n) is 12.7. The van der Waals surface area contributed by atoms with E-state index in [0.717, 1.165) is 54.5 Å². The molecule has 52 heavy (non-hydrogen) atoms. The van der Waals surface area contributed by atoms with Crippen LogP contribution in [0.5, 0.6) is 0 Å². The Hall–Kier alpha value is -4.69. The summed E-state index contributed by atoms with van der Waals surface area (Å²) in [6, 6.07) is 21.7. The third-order valence-corrected chi connectivity index (χ3v) is 8.98. The predicted molar refractivity (Wildman–Crippen MR) is 207 cm³/mol. The molecule has 1 saturated heterocycles. The lowest BCUT2D eigenvalue weighted by atomic mass is 10.0. The number of hydrogen-bond acceptors (Lipinski definition) is 3. The number of alkyl halides is 3. The number of halogens is 3. The zero-order valence-corrected chi connectivity index (χ0v) is 31.0. The highest BCUT2D eigenvalue weighted by atomic mass is 19.4. The lowest BCUT2D eigenvalue weighted by Crippen LogP contribution is -2.56. The van der Waals surface area contributed by atoms with Gasteiger partial charge in [-0.15, -0.1) is 0 Å². The number of nitrogens with zero attached hydrogens (tertiary/aromatic N) is 3. The van der Waals surface area contributed by atoms with Gasteiger partial charge in [0.05, 0.1) is 5.56 Å². The van der Waals surface area contributed by atoms with Crippen molar-refractivity contribution >= 4 is 17.9 Å². The van der Waals surface area contributed by atoms with E-state index in [-0.39, 0.29) is 18.0 Å². The highest BCUT2D eigenvalue weighted by molar-refractivity contribution is 5.95. The minimum Gasteiger partial charge on any atom is -0.338 e. The van der Waals surface area contributed by atoms with Crippen molar-refractivity contribution in [3.63, 3.8) is 0 Å². The summed E-state index contributed by atoms with van der Waals surface area (Å²) in [6.07, 6.45) is 8.28. The van der Waals surface area contributed by atoms with Crippen LogP contribution in [0.1, 0.15) is 67.9 Å². The zero-order chi connectivity index (χ0) is 37.9. The first-order chi connectivity index (χ1) is 25.1. The van der Waals surface area contributed by atoms with Crippen molar-refractivity contribution in [1.82, 2.24) is 14.7 Å². The van der Waals surface area contributed by atoms with Crippen LogP contribution in [0.3, 0.4) is 0 Å². The molecule has 1 heterocycles. The largest absolute Gasteiger partial charge is 0.416 e. The maximum absolute atomic E-state index is 14.5. The SMILES string of the molecule is C=C/C=C(\C=C)CN1CCN(C(=O)[C@H](Cc2ccccc2)N(Cc2ccc(CCCCC)cc2)C(=O)/C=C/c2cccc(C(F)(F)F)c2)CC1.CC. The van der Waals surface area contributed by atoms with Gasteiger partial charge in [-0.2, -0.15) is 13.2 Å². The van der Waals surface area contributed by atoms with Crippen LogP contribution in [0.2, 0.25) is 0 Å². The summed E-state index contributed by atoms with van der Waals surface area (Å²) >= 11 is 0. The van der Waals surface area contributed by atoms with Gasteiger partial charge in [0.25, 0.3) is 0 Å². The molecule has 0 aliphatic carbocycles. The maximum atomic E-state index is 14.5. The van der Waals surface area contributed by atoms with Gasteiger partial charge in [-0.05, 0) is 58.9 Å². The Morgan fingerprint density at radius 3 is 2.15 bits per heavy atom. The van der Waals surface area contributed by atoms with Crippen LogP contribution in [0.15, 0.2) is 122 Å². The minimum atomic E-state index is -4.50. The van der Waals surface area contributed by atoms with E-state index in [1.165, 1.54) is 29.8 Å². The van der Waals surface area contributed by atoms with Crippen molar-refractivity contribution in [2.75, 3.05) is 32.7 Å². The van der Waals surface area contributed by atoms with Gasteiger partial charge in [0.1, 0.15) is 6.04 Å². The lowest BCUT2D eigenvalue weighted by molar-refractivity contribution is -0.145. The summed E-state index contributed by atoms with van der Waals surface area (Å²) in [5.41, 5.74) is 3.48. The fourth-order valence-corrected chi connectivity index (χ4v) is 6.11. The van der Waals surface area contributed by atoms with E-state index >= 15 is 0 Å². The van der Waals surface area contributed by atoms with E-state index in [1.54, 1.807) is 11.0 Å². The van der Waals surface area contributed by atoms with Gasteiger partial charge in [-0.25, -0.2) is 0 Å². The molecule has 0 aromatic heterocycles. The molecule has 1 aliphatic rings. The Balaban J connectivity index is 0.00000358. The molecular weight excluding hydrogens is 659 g/mol. The van der Waals surface area contributed by atoms with Crippen molar-refractivity contribution < 1.29 is 22.8 Å². The summed E-state index contributed by atoms with van der Waals surface area (Å²) in [5.74, 6) is -0.608. The molecule has 1 fully saturated rings. The van der Waals surface area contributed by atoms with E-state index in [4.69, 9.17) is 0 Å². The Kier molecular flexibility index (Phi) is 17.4. The number of amides is 2. The molecule has 278 valence electrons. The smallest absolute Gasteiger partial charge is 0.338 e. The third-order valence-electron chi connectivity index (χ3n) is 8.98. The molecule has 1 aliphatic heterocycles. The van der Waals surface area contributed by atoms with Crippen LogP contribution in [-0.4, -0.2) is 65.3 Å². The Morgan fingerprint density at radius 2 is 1.54 bits per heavy atom. The molecule has 0 saturated carbocycles. The van der Waals surface area contributed by atoms with E-state index in [2.05, 4.69) is 37.1 Å². The van der Waals surface area contributed by atoms with Gasteiger partial charge < -0.3 is 9.80 Å².